The molecule has 1 aromatic heterocycles. The Morgan fingerprint density at radius 3 is 2.63 bits per heavy atom. The van der Waals surface area contributed by atoms with Crippen LogP contribution in [0.25, 0.3) is 0 Å². The predicted octanol–water partition coefficient (Wildman–Crippen LogP) is 4.05. The Labute approximate surface area is 180 Å². The van der Waals surface area contributed by atoms with Gasteiger partial charge in [-0.15, -0.1) is 0 Å². The number of aromatic nitrogens is 1. The fraction of sp³-hybridized carbons (Fsp3) is 0.458. The summed E-state index contributed by atoms with van der Waals surface area (Å²) >= 11 is 0. The van der Waals surface area contributed by atoms with Gasteiger partial charge in [-0.2, -0.15) is 5.26 Å². The quantitative estimate of drug-likeness (QED) is 0.561. The highest BCUT2D eigenvalue weighted by molar-refractivity contribution is 5.76. The molecule has 160 valence electrons. The number of nitriles is 1. The Morgan fingerprint density at radius 2 is 2.03 bits per heavy atom. The zero-order chi connectivity index (χ0) is 21.9. The van der Waals surface area contributed by atoms with Gasteiger partial charge >= 0.3 is 0 Å². The molecule has 0 saturated heterocycles. The summed E-state index contributed by atoms with van der Waals surface area (Å²) in [6.07, 6.45) is 3.78. The van der Waals surface area contributed by atoms with Crippen molar-refractivity contribution in [2.75, 3.05) is 31.6 Å². The van der Waals surface area contributed by atoms with Crippen molar-refractivity contribution in [3.8, 4) is 11.8 Å². The molecule has 1 unspecified atom stereocenters. The lowest BCUT2D eigenvalue weighted by Gasteiger charge is -2.33. The average Bonchev–Trinajstić information content (AvgIpc) is 2.78. The van der Waals surface area contributed by atoms with Gasteiger partial charge in [-0.3, -0.25) is 4.79 Å². The standard InChI is InChI=1S/C24H32N4O2/c1-5-27(24(29)12-8-10-20-9-7-11-22(15-20)30-4)18-19(3)28(6-2)23-14-13-21(16-25)17-26-23/h7,9,11,13-15,17,19H,5-6,8,10,12,18H2,1-4H3. The van der Waals surface area contributed by atoms with Crippen molar-refractivity contribution < 1.29 is 9.53 Å². The molecule has 1 heterocycles. The molecule has 0 aliphatic heterocycles. The van der Waals surface area contributed by atoms with Crippen LogP contribution in [0.4, 0.5) is 5.82 Å². The van der Waals surface area contributed by atoms with Crippen LogP contribution in [0.15, 0.2) is 42.6 Å². The first-order valence-electron chi connectivity index (χ1n) is 10.6. The molecule has 0 bridgehead atoms. The number of methoxy groups -OCH3 is 1. The third kappa shape index (κ3) is 6.48. The number of carbonyl (C=O) groups excluding carboxylic acids is 1. The Balaban J connectivity index is 1.91. The van der Waals surface area contributed by atoms with Crippen molar-refractivity contribution in [3.05, 3.63) is 53.7 Å². The number of hydrogen-bond acceptors (Lipinski definition) is 5. The van der Waals surface area contributed by atoms with Gasteiger partial charge in [0.25, 0.3) is 0 Å². The van der Waals surface area contributed by atoms with Crippen LogP contribution in [0.1, 0.15) is 44.7 Å². The molecule has 2 aromatic rings. The number of benzene rings is 1. The number of nitrogens with zero attached hydrogens (tertiary/aromatic N) is 4. The number of hydrogen-bond donors (Lipinski definition) is 0. The molecule has 1 amide bonds. The smallest absolute Gasteiger partial charge is 0.222 e. The molecule has 1 aromatic carbocycles. The molecule has 6 nitrogen and oxygen atoms in total. The summed E-state index contributed by atoms with van der Waals surface area (Å²) in [5, 5.41) is 8.96. The molecule has 6 heteroatoms. The topological polar surface area (TPSA) is 69.5 Å². The van der Waals surface area contributed by atoms with Crippen LogP contribution < -0.4 is 9.64 Å². The van der Waals surface area contributed by atoms with Gasteiger partial charge in [0.15, 0.2) is 0 Å². The third-order valence-electron chi connectivity index (χ3n) is 5.25. The van der Waals surface area contributed by atoms with Crippen molar-refractivity contribution in [2.45, 2.75) is 46.1 Å². The van der Waals surface area contributed by atoms with Gasteiger partial charge in [0.1, 0.15) is 17.6 Å². The maximum absolute atomic E-state index is 12.8. The molecule has 0 spiro atoms. The number of carbonyl (C=O) groups is 1. The highest BCUT2D eigenvalue weighted by Crippen LogP contribution is 2.17. The summed E-state index contributed by atoms with van der Waals surface area (Å²) in [5.41, 5.74) is 1.73. The molecule has 0 radical (unpaired) electrons. The van der Waals surface area contributed by atoms with E-state index in [0.717, 1.165) is 31.0 Å². The second-order valence-electron chi connectivity index (χ2n) is 7.29. The van der Waals surface area contributed by atoms with E-state index in [2.05, 4.69) is 35.9 Å². The summed E-state index contributed by atoms with van der Waals surface area (Å²) in [6.45, 7) is 8.30. The van der Waals surface area contributed by atoms with Gasteiger partial charge in [-0.1, -0.05) is 12.1 Å². The van der Waals surface area contributed by atoms with Gasteiger partial charge in [-0.25, -0.2) is 4.98 Å². The largest absolute Gasteiger partial charge is 0.497 e. The van der Waals surface area contributed by atoms with Crippen LogP contribution in [0, 0.1) is 11.3 Å². The minimum atomic E-state index is 0.123. The number of ether oxygens (including phenoxy) is 1. The summed E-state index contributed by atoms with van der Waals surface area (Å²) in [7, 11) is 1.66. The normalized spacial score (nSPS) is 11.4. The second-order valence-corrected chi connectivity index (χ2v) is 7.29. The molecule has 0 aliphatic carbocycles. The van der Waals surface area contributed by atoms with E-state index in [4.69, 9.17) is 10.00 Å². The van der Waals surface area contributed by atoms with E-state index in [1.807, 2.05) is 36.1 Å². The third-order valence-corrected chi connectivity index (χ3v) is 5.25. The molecule has 0 aliphatic rings. The van der Waals surface area contributed by atoms with E-state index in [1.54, 1.807) is 19.4 Å². The molecule has 0 N–H and O–H groups in total. The van der Waals surface area contributed by atoms with Crippen molar-refractivity contribution in [2.24, 2.45) is 0 Å². The average molecular weight is 409 g/mol. The highest BCUT2D eigenvalue weighted by Gasteiger charge is 2.20. The molecule has 30 heavy (non-hydrogen) atoms. The number of rotatable bonds is 11. The number of aryl methyl sites for hydroxylation is 1. The number of anilines is 1. The number of pyridine rings is 1. The second kappa shape index (κ2) is 11.8. The lowest BCUT2D eigenvalue weighted by Crippen LogP contribution is -2.45. The Bertz CT molecular complexity index is 845. The van der Waals surface area contributed by atoms with E-state index in [0.29, 0.717) is 25.1 Å². The zero-order valence-corrected chi connectivity index (χ0v) is 18.5. The van der Waals surface area contributed by atoms with Crippen LogP contribution in [0.5, 0.6) is 5.75 Å². The van der Waals surface area contributed by atoms with E-state index in [-0.39, 0.29) is 11.9 Å². The summed E-state index contributed by atoms with van der Waals surface area (Å²) in [6, 6.07) is 13.9. The summed E-state index contributed by atoms with van der Waals surface area (Å²) < 4.78 is 5.26. The molecular weight excluding hydrogens is 376 g/mol. The fourth-order valence-corrected chi connectivity index (χ4v) is 3.58. The molecule has 1 atom stereocenters. The number of amides is 1. The van der Waals surface area contributed by atoms with Crippen LogP contribution in [0.2, 0.25) is 0 Å². The number of likely N-dealkylation sites (N-methyl/N-ethyl adjacent to an activating group) is 2. The van der Waals surface area contributed by atoms with Gasteiger partial charge < -0.3 is 14.5 Å². The van der Waals surface area contributed by atoms with Gasteiger partial charge in [0.2, 0.25) is 5.91 Å². The zero-order valence-electron chi connectivity index (χ0n) is 18.5. The predicted molar refractivity (Wildman–Crippen MR) is 120 cm³/mol. The molecule has 0 saturated carbocycles. The van der Waals surface area contributed by atoms with Gasteiger partial charge in [-0.05, 0) is 63.4 Å². The minimum Gasteiger partial charge on any atom is -0.497 e. The lowest BCUT2D eigenvalue weighted by atomic mass is 10.1. The van der Waals surface area contributed by atoms with Crippen molar-refractivity contribution in [3.63, 3.8) is 0 Å². The first-order valence-corrected chi connectivity index (χ1v) is 10.6. The van der Waals surface area contributed by atoms with E-state index in [9.17, 15) is 4.79 Å². The van der Waals surface area contributed by atoms with Crippen molar-refractivity contribution in [1.82, 2.24) is 9.88 Å². The van der Waals surface area contributed by atoms with E-state index in [1.165, 1.54) is 5.56 Å². The summed E-state index contributed by atoms with van der Waals surface area (Å²) in [4.78, 5) is 21.3. The monoisotopic (exact) mass is 408 g/mol. The Hall–Kier alpha value is -3.07. The van der Waals surface area contributed by atoms with Crippen LogP contribution in [-0.4, -0.2) is 48.6 Å². The molecule has 2 rings (SSSR count). The maximum atomic E-state index is 12.8. The highest BCUT2D eigenvalue weighted by atomic mass is 16.5. The van der Waals surface area contributed by atoms with E-state index >= 15 is 0 Å². The first kappa shape index (κ1) is 23.2. The Kier molecular flexibility index (Phi) is 9.14. The minimum absolute atomic E-state index is 0.123. The molecule has 0 fully saturated rings. The molecular formula is C24H32N4O2. The SMILES string of the molecule is CCN(CC(C)N(CC)c1ccc(C#N)cn1)C(=O)CCCc1cccc(OC)c1. The van der Waals surface area contributed by atoms with Crippen LogP contribution in [-0.2, 0) is 11.2 Å². The first-order chi connectivity index (χ1) is 14.5. The van der Waals surface area contributed by atoms with E-state index < -0.39 is 0 Å². The Morgan fingerprint density at radius 1 is 1.23 bits per heavy atom. The summed E-state index contributed by atoms with van der Waals surface area (Å²) in [5.74, 6) is 1.85. The van der Waals surface area contributed by atoms with Crippen LogP contribution in [0.3, 0.4) is 0 Å². The lowest BCUT2D eigenvalue weighted by molar-refractivity contribution is -0.131. The van der Waals surface area contributed by atoms with Crippen molar-refractivity contribution >= 4 is 11.7 Å². The van der Waals surface area contributed by atoms with Gasteiger partial charge in [0.05, 0.1) is 12.7 Å². The maximum Gasteiger partial charge on any atom is 0.222 e. The van der Waals surface area contributed by atoms with Crippen LogP contribution >= 0.6 is 0 Å². The van der Waals surface area contributed by atoms with Gasteiger partial charge in [0, 0.05) is 38.3 Å². The van der Waals surface area contributed by atoms with Crippen molar-refractivity contribution in [1.29, 1.82) is 5.26 Å². The fourth-order valence-electron chi connectivity index (χ4n) is 3.58.